The summed E-state index contributed by atoms with van der Waals surface area (Å²) in [7, 11) is 1.41. The van der Waals surface area contributed by atoms with Crippen molar-refractivity contribution in [3.05, 3.63) is 0 Å². The number of methoxy groups -OCH3 is 1. The number of carbonyl (C=O) groups is 2. The molecule has 0 spiro atoms. The molecule has 0 saturated carbocycles. The number of esters is 1. The van der Waals surface area contributed by atoms with E-state index in [2.05, 4.69) is 6.92 Å². The van der Waals surface area contributed by atoms with E-state index >= 15 is 0 Å². The Kier molecular flexibility index (Phi) is 5.14. The van der Waals surface area contributed by atoms with Crippen LogP contribution in [0.25, 0.3) is 0 Å². The van der Waals surface area contributed by atoms with Gasteiger partial charge in [-0.05, 0) is 19.8 Å². The summed E-state index contributed by atoms with van der Waals surface area (Å²) in [6.07, 6.45) is 3.50. The monoisotopic (exact) mass is 256 g/mol. The molecule has 5 heteroatoms. The largest absolute Gasteiger partial charge is 0.468 e. The zero-order chi connectivity index (χ0) is 13.8. The molecule has 1 rings (SSSR count). The number of amides is 1. The molecule has 1 heterocycles. The minimum atomic E-state index is -0.515. The first-order valence-electron chi connectivity index (χ1n) is 6.56. The van der Waals surface area contributed by atoms with E-state index in [1.165, 1.54) is 7.11 Å². The lowest BCUT2D eigenvalue weighted by atomic mass is 9.89. The topological polar surface area (TPSA) is 72.6 Å². The molecule has 5 nitrogen and oxygen atoms in total. The lowest BCUT2D eigenvalue weighted by Gasteiger charge is -2.27. The maximum Gasteiger partial charge on any atom is 0.323 e. The van der Waals surface area contributed by atoms with Crippen molar-refractivity contribution in [2.24, 2.45) is 11.1 Å². The van der Waals surface area contributed by atoms with Gasteiger partial charge in [0.2, 0.25) is 5.91 Å². The van der Waals surface area contributed by atoms with Crippen LogP contribution in [0.5, 0.6) is 0 Å². The van der Waals surface area contributed by atoms with Crippen molar-refractivity contribution in [1.82, 2.24) is 4.90 Å². The number of nitrogens with zero attached hydrogens (tertiary/aromatic N) is 1. The number of hydrogen-bond donors (Lipinski definition) is 1. The third-order valence-electron chi connectivity index (χ3n) is 3.84. The lowest BCUT2D eigenvalue weighted by molar-refractivity contribution is -0.147. The van der Waals surface area contributed by atoms with Crippen LogP contribution in [-0.2, 0) is 14.3 Å². The Labute approximate surface area is 109 Å². The smallest absolute Gasteiger partial charge is 0.323 e. The van der Waals surface area contributed by atoms with Crippen LogP contribution >= 0.6 is 0 Å². The van der Waals surface area contributed by atoms with Crippen molar-refractivity contribution >= 4 is 11.9 Å². The molecule has 1 aliphatic heterocycles. The Bertz CT molecular complexity index is 319. The van der Waals surface area contributed by atoms with Crippen LogP contribution in [0.15, 0.2) is 0 Å². The van der Waals surface area contributed by atoms with Crippen molar-refractivity contribution in [2.75, 3.05) is 20.2 Å². The van der Waals surface area contributed by atoms with Gasteiger partial charge in [0.15, 0.2) is 0 Å². The highest BCUT2D eigenvalue weighted by Gasteiger charge is 2.42. The number of nitrogens with two attached hydrogens (primary N) is 1. The van der Waals surface area contributed by atoms with Gasteiger partial charge in [-0.2, -0.15) is 0 Å². The second kappa shape index (κ2) is 6.18. The predicted octanol–water partition coefficient (Wildman–Crippen LogP) is 0.915. The van der Waals surface area contributed by atoms with Gasteiger partial charge < -0.3 is 10.5 Å². The van der Waals surface area contributed by atoms with Crippen LogP contribution < -0.4 is 5.73 Å². The van der Waals surface area contributed by atoms with Crippen molar-refractivity contribution < 1.29 is 14.3 Å². The molecule has 0 aromatic carbocycles. The summed E-state index contributed by atoms with van der Waals surface area (Å²) in [4.78, 5) is 25.3. The van der Waals surface area contributed by atoms with E-state index in [9.17, 15) is 9.59 Å². The number of rotatable bonds is 6. The SMILES string of the molecule is CCCCC(C(=O)OC)N1CCC(C)(C(N)=O)C1. The summed E-state index contributed by atoms with van der Waals surface area (Å²) in [5, 5.41) is 0. The molecule has 0 aromatic rings. The van der Waals surface area contributed by atoms with Crippen molar-refractivity contribution in [3.8, 4) is 0 Å². The number of likely N-dealkylation sites (tertiary alicyclic amines) is 1. The summed E-state index contributed by atoms with van der Waals surface area (Å²) < 4.78 is 4.85. The van der Waals surface area contributed by atoms with Gasteiger partial charge in [-0.3, -0.25) is 14.5 Å². The van der Waals surface area contributed by atoms with E-state index < -0.39 is 5.41 Å². The van der Waals surface area contributed by atoms with Crippen LogP contribution in [0.1, 0.15) is 39.5 Å². The Hall–Kier alpha value is -1.10. The van der Waals surface area contributed by atoms with Crippen LogP contribution in [-0.4, -0.2) is 43.0 Å². The average molecular weight is 256 g/mol. The highest BCUT2D eigenvalue weighted by molar-refractivity contribution is 5.81. The normalized spacial score (nSPS) is 25.9. The minimum absolute atomic E-state index is 0.211. The summed E-state index contributed by atoms with van der Waals surface area (Å²) in [6, 6.07) is -0.240. The third-order valence-corrected chi connectivity index (χ3v) is 3.84. The molecule has 2 atom stereocenters. The molecule has 1 amide bonds. The Balaban J connectivity index is 2.70. The molecule has 0 bridgehead atoms. The van der Waals surface area contributed by atoms with Crippen LogP contribution in [0, 0.1) is 5.41 Å². The first-order chi connectivity index (χ1) is 8.44. The van der Waals surface area contributed by atoms with Gasteiger partial charge in [-0.1, -0.05) is 19.8 Å². The maximum atomic E-state index is 11.8. The van der Waals surface area contributed by atoms with Crippen LogP contribution in [0.3, 0.4) is 0 Å². The average Bonchev–Trinajstić information content (AvgIpc) is 2.73. The van der Waals surface area contributed by atoms with E-state index in [1.54, 1.807) is 0 Å². The zero-order valence-electron chi connectivity index (χ0n) is 11.6. The molecule has 1 fully saturated rings. The fourth-order valence-electron chi connectivity index (χ4n) is 2.45. The number of hydrogen-bond acceptors (Lipinski definition) is 4. The van der Waals surface area contributed by atoms with E-state index in [4.69, 9.17) is 10.5 Å². The summed E-state index contributed by atoms with van der Waals surface area (Å²) in [6.45, 7) is 5.23. The molecule has 2 N–H and O–H groups in total. The lowest BCUT2D eigenvalue weighted by Crippen LogP contribution is -2.43. The standard InChI is InChI=1S/C13H24N2O3/c1-4-5-6-10(11(16)18-3)15-8-7-13(2,9-15)12(14)17/h10H,4-9H2,1-3H3,(H2,14,17). The number of ether oxygens (including phenoxy) is 1. The third kappa shape index (κ3) is 3.22. The molecular weight excluding hydrogens is 232 g/mol. The molecule has 0 aliphatic carbocycles. The van der Waals surface area contributed by atoms with Gasteiger partial charge >= 0.3 is 5.97 Å². The van der Waals surface area contributed by atoms with Gasteiger partial charge in [0.05, 0.1) is 12.5 Å². The fourth-order valence-corrected chi connectivity index (χ4v) is 2.45. The fraction of sp³-hybridized carbons (Fsp3) is 0.846. The minimum Gasteiger partial charge on any atom is -0.468 e. The molecular formula is C13H24N2O3. The van der Waals surface area contributed by atoms with E-state index in [1.807, 2.05) is 11.8 Å². The summed E-state index contributed by atoms with van der Waals surface area (Å²) in [5.41, 5.74) is 4.91. The first-order valence-corrected chi connectivity index (χ1v) is 6.56. The first kappa shape index (κ1) is 15.0. The zero-order valence-corrected chi connectivity index (χ0v) is 11.6. The Morgan fingerprint density at radius 1 is 1.50 bits per heavy atom. The molecule has 104 valence electrons. The molecule has 1 aliphatic rings. The van der Waals surface area contributed by atoms with Crippen molar-refractivity contribution in [1.29, 1.82) is 0 Å². The quantitative estimate of drug-likeness (QED) is 0.717. The Morgan fingerprint density at radius 2 is 2.17 bits per heavy atom. The van der Waals surface area contributed by atoms with Crippen LogP contribution in [0.4, 0.5) is 0 Å². The predicted molar refractivity (Wildman–Crippen MR) is 68.8 cm³/mol. The highest BCUT2D eigenvalue weighted by atomic mass is 16.5. The van der Waals surface area contributed by atoms with Crippen molar-refractivity contribution in [2.45, 2.75) is 45.6 Å². The van der Waals surface area contributed by atoms with Gasteiger partial charge in [0.1, 0.15) is 6.04 Å². The second-order valence-corrected chi connectivity index (χ2v) is 5.33. The van der Waals surface area contributed by atoms with Crippen molar-refractivity contribution in [3.63, 3.8) is 0 Å². The number of unbranched alkanes of at least 4 members (excludes halogenated alkanes) is 1. The number of primary amides is 1. The molecule has 0 radical (unpaired) electrons. The molecule has 1 saturated heterocycles. The van der Waals surface area contributed by atoms with Crippen LogP contribution in [0.2, 0.25) is 0 Å². The van der Waals surface area contributed by atoms with E-state index in [0.717, 1.165) is 25.8 Å². The second-order valence-electron chi connectivity index (χ2n) is 5.33. The Morgan fingerprint density at radius 3 is 2.61 bits per heavy atom. The van der Waals surface area contributed by atoms with Gasteiger partial charge in [0.25, 0.3) is 0 Å². The van der Waals surface area contributed by atoms with Gasteiger partial charge in [-0.15, -0.1) is 0 Å². The number of carbonyl (C=O) groups excluding carboxylic acids is 2. The van der Waals surface area contributed by atoms with E-state index in [-0.39, 0.29) is 17.9 Å². The maximum absolute atomic E-state index is 11.8. The van der Waals surface area contributed by atoms with E-state index in [0.29, 0.717) is 13.0 Å². The van der Waals surface area contributed by atoms with Gasteiger partial charge in [0, 0.05) is 13.1 Å². The summed E-state index contributed by atoms with van der Waals surface area (Å²) in [5.74, 6) is -0.499. The molecule has 18 heavy (non-hydrogen) atoms. The molecule has 0 aromatic heterocycles. The molecule has 2 unspecified atom stereocenters. The van der Waals surface area contributed by atoms with Gasteiger partial charge in [-0.25, -0.2) is 0 Å². The summed E-state index contributed by atoms with van der Waals surface area (Å²) >= 11 is 0. The highest BCUT2D eigenvalue weighted by Crippen LogP contribution is 2.31.